The highest BCUT2D eigenvalue weighted by Gasteiger charge is 2.29. The molecule has 0 aliphatic carbocycles. The lowest BCUT2D eigenvalue weighted by atomic mass is 10.1. The molecular formula is C21H26ClN7O. The number of rotatable bonds is 5. The summed E-state index contributed by atoms with van der Waals surface area (Å²) in [6.07, 6.45) is 5.20. The summed E-state index contributed by atoms with van der Waals surface area (Å²) in [6.45, 7) is 6.29. The molecule has 9 heteroatoms. The number of amides is 2. The van der Waals surface area contributed by atoms with E-state index >= 15 is 0 Å². The first-order valence-corrected chi connectivity index (χ1v) is 10.4. The lowest BCUT2D eigenvalue weighted by Crippen LogP contribution is -2.46. The molecule has 30 heavy (non-hydrogen) atoms. The van der Waals surface area contributed by atoms with Gasteiger partial charge in [-0.2, -0.15) is 4.98 Å². The molecule has 1 saturated heterocycles. The number of hydrogen-bond acceptors (Lipinski definition) is 6. The van der Waals surface area contributed by atoms with E-state index in [0.717, 1.165) is 42.9 Å². The van der Waals surface area contributed by atoms with E-state index in [4.69, 9.17) is 11.6 Å². The van der Waals surface area contributed by atoms with Gasteiger partial charge < -0.3 is 15.5 Å². The van der Waals surface area contributed by atoms with Crippen LogP contribution in [0.5, 0.6) is 0 Å². The van der Waals surface area contributed by atoms with Crippen LogP contribution in [0.3, 0.4) is 0 Å². The number of nitrogens with zero attached hydrogens (tertiary/aromatic N) is 5. The van der Waals surface area contributed by atoms with Crippen LogP contribution in [0.1, 0.15) is 24.8 Å². The van der Waals surface area contributed by atoms with E-state index in [-0.39, 0.29) is 6.03 Å². The number of halogens is 1. The van der Waals surface area contributed by atoms with Crippen molar-refractivity contribution in [2.45, 2.75) is 25.8 Å². The minimum Gasteiger partial charge on any atom is -0.375 e. The second-order valence-electron chi connectivity index (χ2n) is 7.51. The SMILES string of the molecule is C=C(NC)N1Cc2cc(Nc3nc(N4CCCCC4)ncc3Cl)ccc2N(C)C1=O. The quantitative estimate of drug-likeness (QED) is 0.753. The maximum atomic E-state index is 12.6. The van der Waals surface area contributed by atoms with Crippen molar-refractivity contribution >= 4 is 40.8 Å². The van der Waals surface area contributed by atoms with Gasteiger partial charge in [-0.25, -0.2) is 9.78 Å². The molecule has 2 N–H and O–H groups in total. The third kappa shape index (κ3) is 3.87. The molecule has 0 atom stereocenters. The Bertz CT molecular complexity index is 974. The van der Waals surface area contributed by atoms with Crippen molar-refractivity contribution in [1.29, 1.82) is 0 Å². The van der Waals surface area contributed by atoms with Gasteiger partial charge in [-0.1, -0.05) is 18.2 Å². The van der Waals surface area contributed by atoms with E-state index in [9.17, 15) is 4.79 Å². The van der Waals surface area contributed by atoms with Crippen molar-refractivity contribution in [1.82, 2.24) is 20.2 Å². The lowest BCUT2D eigenvalue weighted by molar-refractivity contribution is 0.212. The Morgan fingerprint density at radius 2 is 2.00 bits per heavy atom. The minimum absolute atomic E-state index is 0.118. The molecule has 2 aromatic rings. The van der Waals surface area contributed by atoms with Crippen LogP contribution in [0.25, 0.3) is 0 Å². The Kier molecular flexibility index (Phi) is 5.67. The fourth-order valence-electron chi connectivity index (χ4n) is 3.81. The lowest BCUT2D eigenvalue weighted by Gasteiger charge is -2.35. The summed E-state index contributed by atoms with van der Waals surface area (Å²) >= 11 is 6.37. The zero-order chi connectivity index (χ0) is 21.3. The number of carbonyl (C=O) groups excluding carboxylic acids is 1. The average Bonchev–Trinajstić information content (AvgIpc) is 2.77. The van der Waals surface area contributed by atoms with Crippen LogP contribution >= 0.6 is 11.6 Å². The number of hydrogen-bond donors (Lipinski definition) is 2. The van der Waals surface area contributed by atoms with Crippen LogP contribution in [-0.4, -0.2) is 48.1 Å². The predicted molar refractivity (Wildman–Crippen MR) is 120 cm³/mol. The summed E-state index contributed by atoms with van der Waals surface area (Å²) in [5.74, 6) is 1.83. The Morgan fingerprint density at radius 1 is 1.23 bits per heavy atom. The zero-order valence-corrected chi connectivity index (χ0v) is 18.0. The molecule has 0 radical (unpaired) electrons. The van der Waals surface area contributed by atoms with E-state index in [1.165, 1.54) is 6.42 Å². The highest BCUT2D eigenvalue weighted by Crippen LogP contribution is 2.33. The number of carbonyl (C=O) groups is 1. The standard InChI is InChI=1S/C21H26ClN7O/c1-14(23-2)29-13-15-11-16(7-8-18(15)27(3)21(29)30)25-19-17(22)12-24-20(26-19)28-9-5-4-6-10-28/h7-8,11-12,23H,1,4-6,9-10,13H2,2-3H3,(H,24,25,26). The van der Waals surface area contributed by atoms with Crippen LogP contribution in [0.2, 0.25) is 5.02 Å². The first-order chi connectivity index (χ1) is 14.5. The maximum absolute atomic E-state index is 12.6. The average molecular weight is 428 g/mol. The molecule has 1 fully saturated rings. The molecule has 2 aliphatic rings. The number of aromatic nitrogens is 2. The van der Waals surface area contributed by atoms with Gasteiger partial charge in [-0.15, -0.1) is 0 Å². The highest BCUT2D eigenvalue weighted by molar-refractivity contribution is 6.32. The van der Waals surface area contributed by atoms with Gasteiger partial charge in [0.15, 0.2) is 5.82 Å². The molecule has 0 spiro atoms. The van der Waals surface area contributed by atoms with Crippen LogP contribution in [-0.2, 0) is 6.54 Å². The molecule has 4 rings (SSSR count). The van der Waals surface area contributed by atoms with Crippen LogP contribution < -0.4 is 20.4 Å². The van der Waals surface area contributed by atoms with Gasteiger partial charge in [0.2, 0.25) is 5.95 Å². The molecule has 2 amide bonds. The Balaban J connectivity index is 1.59. The summed E-state index contributed by atoms with van der Waals surface area (Å²) in [7, 11) is 3.51. The smallest absolute Gasteiger partial charge is 0.330 e. The van der Waals surface area contributed by atoms with Gasteiger partial charge in [-0.3, -0.25) is 9.80 Å². The molecule has 3 heterocycles. The van der Waals surface area contributed by atoms with Crippen molar-refractivity contribution in [3.05, 3.63) is 47.4 Å². The minimum atomic E-state index is -0.118. The molecule has 0 saturated carbocycles. The molecule has 0 bridgehead atoms. The Hall–Kier alpha value is -3.00. The largest absolute Gasteiger partial charge is 0.375 e. The van der Waals surface area contributed by atoms with Gasteiger partial charge >= 0.3 is 6.03 Å². The molecular weight excluding hydrogens is 402 g/mol. The van der Waals surface area contributed by atoms with Gasteiger partial charge in [0.05, 0.1) is 18.4 Å². The number of nitrogens with one attached hydrogen (secondary N) is 2. The monoisotopic (exact) mass is 427 g/mol. The Labute approximate surface area is 181 Å². The summed E-state index contributed by atoms with van der Waals surface area (Å²) in [4.78, 5) is 27.1. The first-order valence-electron chi connectivity index (χ1n) is 10.1. The second kappa shape index (κ2) is 8.39. The topological polar surface area (TPSA) is 76.6 Å². The van der Waals surface area contributed by atoms with Gasteiger partial charge in [0.25, 0.3) is 0 Å². The fraction of sp³-hybridized carbons (Fsp3) is 0.381. The number of urea groups is 1. The molecule has 0 unspecified atom stereocenters. The number of fused-ring (bicyclic) bond motifs is 1. The number of benzene rings is 1. The van der Waals surface area contributed by atoms with Crippen molar-refractivity contribution in [2.24, 2.45) is 0 Å². The molecule has 2 aliphatic heterocycles. The zero-order valence-electron chi connectivity index (χ0n) is 17.3. The number of piperidine rings is 1. The van der Waals surface area contributed by atoms with Gasteiger partial charge in [0, 0.05) is 32.9 Å². The van der Waals surface area contributed by atoms with Crippen molar-refractivity contribution in [3.8, 4) is 0 Å². The van der Waals surface area contributed by atoms with Gasteiger partial charge in [-0.05, 0) is 43.0 Å². The third-order valence-corrected chi connectivity index (χ3v) is 5.81. The Morgan fingerprint density at radius 3 is 2.73 bits per heavy atom. The van der Waals surface area contributed by atoms with Crippen LogP contribution in [0.4, 0.5) is 27.9 Å². The normalized spacial score (nSPS) is 16.4. The van der Waals surface area contributed by atoms with E-state index in [1.807, 2.05) is 18.2 Å². The first kappa shape index (κ1) is 20.3. The predicted octanol–water partition coefficient (Wildman–Crippen LogP) is 3.93. The summed E-state index contributed by atoms with van der Waals surface area (Å²) in [6, 6.07) is 5.74. The fourth-order valence-corrected chi connectivity index (χ4v) is 3.95. The van der Waals surface area contributed by atoms with Crippen LogP contribution in [0.15, 0.2) is 36.8 Å². The molecule has 1 aromatic carbocycles. The third-order valence-electron chi connectivity index (χ3n) is 5.53. The maximum Gasteiger partial charge on any atom is 0.330 e. The van der Waals surface area contributed by atoms with Gasteiger partial charge in [0.1, 0.15) is 10.8 Å². The molecule has 158 valence electrons. The van der Waals surface area contributed by atoms with Crippen molar-refractivity contribution in [2.75, 3.05) is 42.3 Å². The summed E-state index contributed by atoms with van der Waals surface area (Å²) < 4.78 is 0. The molecule has 8 nitrogen and oxygen atoms in total. The molecule has 1 aromatic heterocycles. The van der Waals surface area contributed by atoms with E-state index < -0.39 is 0 Å². The number of anilines is 4. The highest BCUT2D eigenvalue weighted by atomic mass is 35.5. The summed E-state index contributed by atoms with van der Waals surface area (Å²) in [5, 5.41) is 6.73. The van der Waals surface area contributed by atoms with Crippen LogP contribution in [0, 0.1) is 0 Å². The van der Waals surface area contributed by atoms with Crippen molar-refractivity contribution in [3.63, 3.8) is 0 Å². The second-order valence-corrected chi connectivity index (χ2v) is 7.91. The van der Waals surface area contributed by atoms with E-state index in [2.05, 4.69) is 32.1 Å². The van der Waals surface area contributed by atoms with E-state index in [0.29, 0.717) is 29.2 Å². The summed E-state index contributed by atoms with van der Waals surface area (Å²) in [5.41, 5.74) is 2.71. The van der Waals surface area contributed by atoms with E-state index in [1.54, 1.807) is 30.1 Å². The van der Waals surface area contributed by atoms with Crippen molar-refractivity contribution < 1.29 is 4.79 Å².